The van der Waals surface area contributed by atoms with Crippen LogP contribution in [-0.2, 0) is 4.74 Å². The molecule has 0 amide bonds. The van der Waals surface area contributed by atoms with E-state index >= 15 is 0 Å². The molecule has 1 aliphatic carbocycles. The molecule has 2 heterocycles. The lowest BCUT2D eigenvalue weighted by atomic mass is 9.88. The SMILES string of the molecule is Oc1ccc2c(c1)OCC2N1CCOC2CCCCC21. The number of aromatic hydroxyl groups is 1. The Balaban J connectivity index is 1.62. The summed E-state index contributed by atoms with van der Waals surface area (Å²) in [6, 6.07) is 6.36. The number of phenols is 1. The highest BCUT2D eigenvalue weighted by Crippen LogP contribution is 2.42. The lowest BCUT2D eigenvalue weighted by Gasteiger charge is -2.46. The molecule has 3 aliphatic rings. The minimum atomic E-state index is 0.280. The van der Waals surface area contributed by atoms with Gasteiger partial charge < -0.3 is 14.6 Å². The van der Waals surface area contributed by atoms with Gasteiger partial charge in [-0.1, -0.05) is 12.8 Å². The number of fused-ring (bicyclic) bond motifs is 2. The average molecular weight is 275 g/mol. The minimum Gasteiger partial charge on any atom is -0.508 e. The molecular weight excluding hydrogens is 254 g/mol. The number of nitrogens with zero attached hydrogens (tertiary/aromatic N) is 1. The van der Waals surface area contributed by atoms with Gasteiger partial charge in [-0.15, -0.1) is 0 Å². The monoisotopic (exact) mass is 275 g/mol. The van der Waals surface area contributed by atoms with E-state index in [0.29, 0.717) is 24.8 Å². The predicted molar refractivity (Wildman–Crippen MR) is 75.0 cm³/mol. The zero-order valence-corrected chi connectivity index (χ0v) is 11.6. The van der Waals surface area contributed by atoms with E-state index in [-0.39, 0.29) is 5.75 Å². The van der Waals surface area contributed by atoms with Gasteiger partial charge in [-0.3, -0.25) is 4.90 Å². The Bertz CT molecular complexity index is 502. The van der Waals surface area contributed by atoms with Crippen molar-refractivity contribution in [3.63, 3.8) is 0 Å². The Morgan fingerprint density at radius 2 is 2.10 bits per heavy atom. The maximum atomic E-state index is 9.57. The third-order valence-corrected chi connectivity index (χ3v) is 4.93. The van der Waals surface area contributed by atoms with Crippen LogP contribution in [0.5, 0.6) is 11.5 Å². The number of benzene rings is 1. The lowest BCUT2D eigenvalue weighted by Crippen LogP contribution is -2.54. The molecule has 4 nitrogen and oxygen atoms in total. The molecule has 4 rings (SSSR count). The van der Waals surface area contributed by atoms with Crippen molar-refractivity contribution in [1.82, 2.24) is 4.90 Å². The van der Waals surface area contributed by atoms with Gasteiger partial charge in [0.15, 0.2) is 0 Å². The Labute approximate surface area is 119 Å². The summed E-state index contributed by atoms with van der Waals surface area (Å²) in [6.07, 6.45) is 5.42. The molecule has 1 aromatic rings. The molecule has 3 unspecified atom stereocenters. The molecule has 1 aromatic carbocycles. The molecule has 3 atom stereocenters. The minimum absolute atomic E-state index is 0.280. The van der Waals surface area contributed by atoms with E-state index in [1.165, 1.54) is 31.2 Å². The highest BCUT2D eigenvalue weighted by molar-refractivity contribution is 5.44. The zero-order valence-electron chi connectivity index (χ0n) is 11.6. The Morgan fingerprint density at radius 3 is 3.05 bits per heavy atom. The Hall–Kier alpha value is -1.26. The Morgan fingerprint density at radius 1 is 1.20 bits per heavy atom. The maximum absolute atomic E-state index is 9.57. The van der Waals surface area contributed by atoms with Crippen molar-refractivity contribution < 1.29 is 14.6 Å². The van der Waals surface area contributed by atoms with Crippen LogP contribution in [0.4, 0.5) is 0 Å². The van der Waals surface area contributed by atoms with Crippen molar-refractivity contribution >= 4 is 0 Å². The first-order chi connectivity index (χ1) is 9.83. The summed E-state index contributed by atoms with van der Waals surface area (Å²) in [5.41, 5.74) is 1.22. The van der Waals surface area contributed by atoms with E-state index in [1.807, 2.05) is 6.07 Å². The number of rotatable bonds is 1. The summed E-state index contributed by atoms with van der Waals surface area (Å²) in [4.78, 5) is 2.58. The number of morpholine rings is 1. The standard InChI is InChI=1S/C16H21NO3/c18-11-5-6-12-14(10-20-16(12)9-11)17-7-8-19-15-4-2-1-3-13(15)17/h5-6,9,13-15,18H,1-4,7-8,10H2. The van der Waals surface area contributed by atoms with Gasteiger partial charge in [-0.25, -0.2) is 0 Å². The van der Waals surface area contributed by atoms with Crippen LogP contribution in [0, 0.1) is 0 Å². The molecular formula is C16H21NO3. The number of hydrogen-bond donors (Lipinski definition) is 1. The molecule has 108 valence electrons. The van der Waals surface area contributed by atoms with Crippen LogP contribution in [-0.4, -0.2) is 41.9 Å². The maximum Gasteiger partial charge on any atom is 0.127 e. The second-order valence-corrected chi connectivity index (χ2v) is 6.05. The van der Waals surface area contributed by atoms with Gasteiger partial charge in [0.1, 0.15) is 18.1 Å². The summed E-state index contributed by atoms with van der Waals surface area (Å²) < 4.78 is 11.7. The fourth-order valence-electron chi connectivity index (χ4n) is 3.97. The highest BCUT2D eigenvalue weighted by atomic mass is 16.5. The summed E-state index contributed by atoms with van der Waals surface area (Å²) in [5, 5.41) is 9.57. The van der Waals surface area contributed by atoms with Crippen LogP contribution >= 0.6 is 0 Å². The predicted octanol–water partition coefficient (Wildman–Crippen LogP) is 2.47. The van der Waals surface area contributed by atoms with Crippen molar-refractivity contribution in [2.45, 2.75) is 43.9 Å². The van der Waals surface area contributed by atoms with Gasteiger partial charge in [0.2, 0.25) is 0 Å². The van der Waals surface area contributed by atoms with Gasteiger partial charge in [-0.05, 0) is 25.0 Å². The molecule has 1 saturated carbocycles. The molecule has 2 fully saturated rings. The van der Waals surface area contributed by atoms with E-state index in [0.717, 1.165) is 18.9 Å². The van der Waals surface area contributed by atoms with Crippen molar-refractivity contribution in [2.24, 2.45) is 0 Å². The smallest absolute Gasteiger partial charge is 0.127 e. The van der Waals surface area contributed by atoms with E-state index < -0.39 is 0 Å². The van der Waals surface area contributed by atoms with Crippen molar-refractivity contribution in [2.75, 3.05) is 19.8 Å². The zero-order chi connectivity index (χ0) is 13.5. The lowest BCUT2D eigenvalue weighted by molar-refractivity contribution is -0.104. The van der Waals surface area contributed by atoms with Gasteiger partial charge in [-0.2, -0.15) is 0 Å². The van der Waals surface area contributed by atoms with Crippen LogP contribution in [0.3, 0.4) is 0 Å². The summed E-state index contributed by atoms with van der Waals surface area (Å²) in [6.45, 7) is 2.50. The van der Waals surface area contributed by atoms with Crippen LogP contribution in [0.15, 0.2) is 18.2 Å². The summed E-state index contributed by atoms with van der Waals surface area (Å²) in [7, 11) is 0. The molecule has 0 radical (unpaired) electrons. The van der Waals surface area contributed by atoms with Crippen LogP contribution in [0.25, 0.3) is 0 Å². The van der Waals surface area contributed by atoms with Crippen molar-refractivity contribution in [3.05, 3.63) is 23.8 Å². The molecule has 0 bridgehead atoms. The quantitative estimate of drug-likeness (QED) is 0.855. The number of ether oxygens (including phenoxy) is 2. The van der Waals surface area contributed by atoms with Crippen LogP contribution in [0.1, 0.15) is 37.3 Å². The molecule has 0 spiro atoms. The average Bonchev–Trinajstić information content (AvgIpc) is 2.89. The molecule has 1 saturated heterocycles. The number of phenolic OH excluding ortho intramolecular Hbond substituents is 1. The third kappa shape index (κ3) is 1.98. The first-order valence-corrected chi connectivity index (χ1v) is 7.66. The van der Waals surface area contributed by atoms with Gasteiger partial charge in [0.05, 0.1) is 18.8 Å². The summed E-state index contributed by atoms with van der Waals surface area (Å²) >= 11 is 0. The van der Waals surface area contributed by atoms with Gasteiger partial charge >= 0.3 is 0 Å². The Kier molecular flexibility index (Phi) is 3.08. The molecule has 2 aliphatic heterocycles. The molecule has 20 heavy (non-hydrogen) atoms. The van der Waals surface area contributed by atoms with Gasteiger partial charge in [0.25, 0.3) is 0 Å². The number of hydrogen-bond acceptors (Lipinski definition) is 4. The molecule has 0 aromatic heterocycles. The summed E-state index contributed by atoms with van der Waals surface area (Å²) in [5.74, 6) is 1.12. The second-order valence-electron chi connectivity index (χ2n) is 6.05. The van der Waals surface area contributed by atoms with Crippen molar-refractivity contribution in [3.8, 4) is 11.5 Å². The van der Waals surface area contributed by atoms with E-state index in [2.05, 4.69) is 4.90 Å². The van der Waals surface area contributed by atoms with Crippen LogP contribution < -0.4 is 4.74 Å². The molecule has 1 N–H and O–H groups in total. The fourth-order valence-corrected chi connectivity index (χ4v) is 3.97. The van der Waals surface area contributed by atoms with E-state index in [9.17, 15) is 5.11 Å². The fraction of sp³-hybridized carbons (Fsp3) is 0.625. The van der Waals surface area contributed by atoms with Gasteiger partial charge in [0, 0.05) is 24.2 Å². The first kappa shape index (κ1) is 12.5. The third-order valence-electron chi connectivity index (χ3n) is 4.93. The van der Waals surface area contributed by atoms with E-state index in [1.54, 1.807) is 12.1 Å². The largest absolute Gasteiger partial charge is 0.508 e. The highest BCUT2D eigenvalue weighted by Gasteiger charge is 2.40. The topological polar surface area (TPSA) is 41.9 Å². The van der Waals surface area contributed by atoms with Crippen molar-refractivity contribution in [1.29, 1.82) is 0 Å². The normalized spacial score (nSPS) is 33.3. The van der Waals surface area contributed by atoms with Crippen LogP contribution in [0.2, 0.25) is 0 Å². The van der Waals surface area contributed by atoms with E-state index in [4.69, 9.17) is 9.47 Å². The first-order valence-electron chi connectivity index (χ1n) is 7.66. The molecule has 4 heteroatoms. The second kappa shape index (κ2) is 4.93.